The Morgan fingerprint density at radius 2 is 2.31 bits per heavy atom. The zero-order valence-electron chi connectivity index (χ0n) is 10.2. The van der Waals surface area contributed by atoms with Crippen LogP contribution in [-0.2, 0) is 4.74 Å². The fourth-order valence-corrected chi connectivity index (χ4v) is 1.61. The highest BCUT2D eigenvalue weighted by molar-refractivity contribution is 5.46. The summed E-state index contributed by atoms with van der Waals surface area (Å²) in [4.78, 5) is 6.35. The standard InChI is InChI=1S/C12H20N2O2/c1-10(15)11-6-4-7-13-12(11)14(2)8-5-9-16-3/h4,6-7,10,15H,5,8-9H2,1-3H3/t10-/m0/s1. The molecule has 1 N–H and O–H groups in total. The molecule has 1 heterocycles. The van der Waals surface area contributed by atoms with Crippen LogP contribution in [0, 0.1) is 0 Å². The number of methoxy groups -OCH3 is 1. The first-order chi connectivity index (χ1) is 7.66. The minimum absolute atomic E-state index is 0.492. The second-order valence-electron chi connectivity index (χ2n) is 3.86. The topological polar surface area (TPSA) is 45.6 Å². The predicted molar refractivity (Wildman–Crippen MR) is 64.6 cm³/mol. The number of aromatic nitrogens is 1. The lowest BCUT2D eigenvalue weighted by Gasteiger charge is -2.21. The highest BCUT2D eigenvalue weighted by Crippen LogP contribution is 2.22. The van der Waals surface area contributed by atoms with Crippen LogP contribution in [0.1, 0.15) is 25.0 Å². The van der Waals surface area contributed by atoms with Gasteiger partial charge in [0.1, 0.15) is 5.82 Å². The van der Waals surface area contributed by atoms with Crippen molar-refractivity contribution >= 4 is 5.82 Å². The molecular weight excluding hydrogens is 204 g/mol. The van der Waals surface area contributed by atoms with Crippen molar-refractivity contribution in [3.63, 3.8) is 0 Å². The zero-order valence-corrected chi connectivity index (χ0v) is 10.2. The van der Waals surface area contributed by atoms with E-state index in [-0.39, 0.29) is 0 Å². The van der Waals surface area contributed by atoms with Crippen LogP contribution >= 0.6 is 0 Å². The summed E-state index contributed by atoms with van der Waals surface area (Å²) < 4.78 is 5.01. The second-order valence-corrected chi connectivity index (χ2v) is 3.86. The Hall–Kier alpha value is -1.13. The van der Waals surface area contributed by atoms with Crippen LogP contribution in [0.3, 0.4) is 0 Å². The normalized spacial score (nSPS) is 12.5. The lowest BCUT2D eigenvalue weighted by molar-refractivity contribution is 0.195. The maximum atomic E-state index is 9.63. The summed E-state index contributed by atoms with van der Waals surface area (Å²) >= 11 is 0. The number of hydrogen-bond acceptors (Lipinski definition) is 4. The van der Waals surface area contributed by atoms with E-state index in [0.29, 0.717) is 0 Å². The van der Waals surface area contributed by atoms with Crippen LogP contribution in [0.2, 0.25) is 0 Å². The molecule has 0 spiro atoms. The van der Waals surface area contributed by atoms with Gasteiger partial charge in [-0.05, 0) is 19.4 Å². The van der Waals surface area contributed by atoms with Gasteiger partial charge in [-0.15, -0.1) is 0 Å². The number of rotatable bonds is 6. The van der Waals surface area contributed by atoms with Crippen LogP contribution in [0.25, 0.3) is 0 Å². The maximum Gasteiger partial charge on any atom is 0.134 e. The summed E-state index contributed by atoms with van der Waals surface area (Å²) in [6.07, 6.45) is 2.20. The molecule has 0 amide bonds. The first-order valence-corrected chi connectivity index (χ1v) is 5.50. The third-order valence-electron chi connectivity index (χ3n) is 2.47. The highest BCUT2D eigenvalue weighted by atomic mass is 16.5. The van der Waals surface area contributed by atoms with Crippen LogP contribution in [0.5, 0.6) is 0 Å². The van der Waals surface area contributed by atoms with Crippen molar-refractivity contribution in [2.75, 3.05) is 32.2 Å². The van der Waals surface area contributed by atoms with Gasteiger partial charge in [-0.2, -0.15) is 0 Å². The fourth-order valence-electron chi connectivity index (χ4n) is 1.61. The van der Waals surface area contributed by atoms with Crippen molar-refractivity contribution < 1.29 is 9.84 Å². The van der Waals surface area contributed by atoms with E-state index >= 15 is 0 Å². The van der Waals surface area contributed by atoms with Gasteiger partial charge in [-0.25, -0.2) is 4.98 Å². The Morgan fingerprint density at radius 1 is 1.56 bits per heavy atom. The lowest BCUT2D eigenvalue weighted by Crippen LogP contribution is -2.22. The number of aliphatic hydroxyl groups is 1. The lowest BCUT2D eigenvalue weighted by atomic mass is 10.1. The van der Waals surface area contributed by atoms with Crippen LogP contribution in [-0.4, -0.2) is 37.4 Å². The molecular formula is C12H20N2O2. The number of hydrogen-bond donors (Lipinski definition) is 1. The van der Waals surface area contributed by atoms with Crippen molar-refractivity contribution in [3.05, 3.63) is 23.9 Å². The molecule has 0 radical (unpaired) electrons. The molecule has 0 saturated carbocycles. The minimum atomic E-state index is -0.492. The van der Waals surface area contributed by atoms with Gasteiger partial charge >= 0.3 is 0 Å². The van der Waals surface area contributed by atoms with E-state index in [4.69, 9.17) is 4.74 Å². The first-order valence-electron chi connectivity index (χ1n) is 5.50. The molecule has 90 valence electrons. The average Bonchev–Trinajstić information content (AvgIpc) is 2.29. The molecule has 0 aliphatic heterocycles. The summed E-state index contributed by atoms with van der Waals surface area (Å²) in [6, 6.07) is 3.74. The molecule has 1 aromatic rings. The molecule has 1 atom stereocenters. The molecule has 0 aliphatic rings. The molecule has 4 nitrogen and oxygen atoms in total. The Balaban J connectivity index is 2.70. The molecule has 0 aliphatic carbocycles. The second kappa shape index (κ2) is 6.45. The zero-order chi connectivity index (χ0) is 12.0. The van der Waals surface area contributed by atoms with Gasteiger partial charge in [0, 0.05) is 39.1 Å². The summed E-state index contributed by atoms with van der Waals surface area (Å²) in [5.41, 5.74) is 0.863. The largest absolute Gasteiger partial charge is 0.389 e. The quantitative estimate of drug-likeness (QED) is 0.746. The number of pyridine rings is 1. The Kier molecular flexibility index (Phi) is 5.22. The summed E-state index contributed by atoms with van der Waals surface area (Å²) in [5, 5.41) is 9.63. The fraction of sp³-hybridized carbons (Fsp3) is 0.583. The Labute approximate surface area is 96.9 Å². The van der Waals surface area contributed by atoms with E-state index in [1.807, 2.05) is 24.1 Å². The molecule has 16 heavy (non-hydrogen) atoms. The number of nitrogens with zero attached hydrogens (tertiary/aromatic N) is 2. The molecule has 0 bridgehead atoms. The van der Waals surface area contributed by atoms with Crippen molar-refractivity contribution in [2.24, 2.45) is 0 Å². The van der Waals surface area contributed by atoms with Crippen molar-refractivity contribution in [1.29, 1.82) is 0 Å². The average molecular weight is 224 g/mol. The smallest absolute Gasteiger partial charge is 0.134 e. The molecule has 1 rings (SSSR count). The summed E-state index contributed by atoms with van der Waals surface area (Å²) in [5.74, 6) is 0.841. The van der Waals surface area contributed by atoms with Crippen molar-refractivity contribution in [2.45, 2.75) is 19.4 Å². The monoisotopic (exact) mass is 224 g/mol. The molecule has 0 fully saturated rings. The van der Waals surface area contributed by atoms with Gasteiger partial charge < -0.3 is 14.7 Å². The van der Waals surface area contributed by atoms with E-state index < -0.39 is 6.10 Å². The maximum absolute atomic E-state index is 9.63. The van der Waals surface area contributed by atoms with Gasteiger partial charge in [-0.3, -0.25) is 0 Å². The molecule has 1 aromatic heterocycles. The van der Waals surface area contributed by atoms with Crippen molar-refractivity contribution in [1.82, 2.24) is 4.98 Å². The van der Waals surface area contributed by atoms with Crippen LogP contribution < -0.4 is 4.90 Å². The molecule has 4 heteroatoms. The molecule has 0 aromatic carbocycles. The Bertz CT molecular complexity index is 316. The third kappa shape index (κ3) is 3.47. The molecule has 0 saturated heterocycles. The van der Waals surface area contributed by atoms with Gasteiger partial charge in [0.25, 0.3) is 0 Å². The first kappa shape index (κ1) is 12.9. The Morgan fingerprint density at radius 3 is 2.94 bits per heavy atom. The predicted octanol–water partition coefficient (Wildman–Crippen LogP) is 1.61. The van der Waals surface area contributed by atoms with Gasteiger partial charge in [0.05, 0.1) is 6.10 Å². The van der Waals surface area contributed by atoms with Crippen LogP contribution in [0.4, 0.5) is 5.82 Å². The number of ether oxygens (including phenoxy) is 1. The third-order valence-corrected chi connectivity index (χ3v) is 2.47. The number of anilines is 1. The van der Waals surface area contributed by atoms with Gasteiger partial charge in [-0.1, -0.05) is 6.07 Å². The summed E-state index contributed by atoms with van der Waals surface area (Å²) in [7, 11) is 3.67. The summed E-state index contributed by atoms with van der Waals surface area (Å²) in [6.45, 7) is 3.36. The van der Waals surface area contributed by atoms with E-state index in [9.17, 15) is 5.11 Å². The highest BCUT2D eigenvalue weighted by Gasteiger charge is 2.11. The van der Waals surface area contributed by atoms with Gasteiger partial charge in [0.15, 0.2) is 0 Å². The van der Waals surface area contributed by atoms with Crippen LogP contribution in [0.15, 0.2) is 18.3 Å². The minimum Gasteiger partial charge on any atom is -0.389 e. The number of aliphatic hydroxyl groups excluding tert-OH is 1. The van der Waals surface area contributed by atoms with E-state index in [0.717, 1.165) is 31.0 Å². The van der Waals surface area contributed by atoms with E-state index in [1.54, 1.807) is 20.2 Å². The molecule has 0 unspecified atom stereocenters. The van der Waals surface area contributed by atoms with Crippen molar-refractivity contribution in [3.8, 4) is 0 Å². The van der Waals surface area contributed by atoms with E-state index in [2.05, 4.69) is 4.98 Å². The SMILES string of the molecule is COCCCN(C)c1ncccc1[C@H](C)O. The van der Waals surface area contributed by atoms with E-state index in [1.165, 1.54) is 0 Å². The van der Waals surface area contributed by atoms with Gasteiger partial charge in [0.2, 0.25) is 0 Å².